The average molecular weight is 205 g/mol. The summed E-state index contributed by atoms with van der Waals surface area (Å²) >= 11 is 12.0. The predicted octanol–water partition coefficient (Wildman–Crippen LogP) is 4.30. The lowest BCUT2D eigenvalue weighted by Gasteiger charge is -2.22. The van der Waals surface area contributed by atoms with Crippen LogP contribution in [0.15, 0.2) is 21.7 Å². The molecule has 12 heavy (non-hydrogen) atoms. The Morgan fingerprint density at radius 1 is 1.42 bits per heavy atom. The fourth-order valence-electron chi connectivity index (χ4n) is 1.39. The van der Waals surface area contributed by atoms with Crippen molar-refractivity contribution in [2.45, 2.75) is 27.2 Å². The number of rotatable bonds is 1. The molecule has 0 aliphatic heterocycles. The Balaban J connectivity index is 2.84. The molecule has 0 nitrogen and oxygen atoms in total. The summed E-state index contributed by atoms with van der Waals surface area (Å²) in [6.45, 7) is 6.43. The molecular weight excluding hydrogens is 191 g/mol. The number of allylic oxidation sites excluding steroid dienone is 4. The van der Waals surface area contributed by atoms with Crippen molar-refractivity contribution in [2.75, 3.05) is 0 Å². The highest BCUT2D eigenvalue weighted by Gasteiger charge is 2.19. The summed E-state index contributed by atoms with van der Waals surface area (Å²) in [4.78, 5) is 0. The fourth-order valence-corrected chi connectivity index (χ4v) is 1.86. The van der Waals surface area contributed by atoms with Gasteiger partial charge in [0.2, 0.25) is 0 Å². The van der Waals surface area contributed by atoms with Gasteiger partial charge in [-0.25, -0.2) is 0 Å². The summed E-state index contributed by atoms with van der Waals surface area (Å²) < 4.78 is 0. The van der Waals surface area contributed by atoms with Crippen LogP contribution in [0.2, 0.25) is 0 Å². The van der Waals surface area contributed by atoms with Gasteiger partial charge in [0.25, 0.3) is 0 Å². The Bertz CT molecular complexity index is 236. The zero-order chi connectivity index (χ0) is 9.30. The summed E-state index contributed by atoms with van der Waals surface area (Å²) in [5.41, 5.74) is 1.12. The van der Waals surface area contributed by atoms with Crippen LogP contribution in [0.25, 0.3) is 0 Å². The standard InChI is InChI=1S/C10H14Cl2/c1-6(2)8-4-7(3)10(12)9(11)5-8/h4,6,8H,5H2,1-3H3. The molecule has 0 radical (unpaired) electrons. The van der Waals surface area contributed by atoms with Gasteiger partial charge in [-0.2, -0.15) is 0 Å². The van der Waals surface area contributed by atoms with Gasteiger partial charge < -0.3 is 0 Å². The van der Waals surface area contributed by atoms with Crippen molar-refractivity contribution in [3.8, 4) is 0 Å². The number of hydrogen-bond donors (Lipinski definition) is 0. The van der Waals surface area contributed by atoms with Crippen LogP contribution >= 0.6 is 23.2 Å². The molecule has 0 aromatic carbocycles. The van der Waals surface area contributed by atoms with Crippen LogP contribution in [-0.2, 0) is 0 Å². The van der Waals surface area contributed by atoms with Gasteiger partial charge in [-0.05, 0) is 30.8 Å². The van der Waals surface area contributed by atoms with Crippen LogP contribution in [0.3, 0.4) is 0 Å². The molecule has 0 aromatic heterocycles. The Morgan fingerprint density at radius 2 is 2.00 bits per heavy atom. The van der Waals surface area contributed by atoms with Gasteiger partial charge in [0.05, 0.1) is 5.03 Å². The predicted molar refractivity (Wildman–Crippen MR) is 55.4 cm³/mol. The van der Waals surface area contributed by atoms with Crippen LogP contribution in [0.1, 0.15) is 27.2 Å². The van der Waals surface area contributed by atoms with E-state index in [1.54, 1.807) is 0 Å². The van der Waals surface area contributed by atoms with Gasteiger partial charge in [0, 0.05) is 5.03 Å². The molecule has 1 atom stereocenters. The SMILES string of the molecule is CC1=CC(C(C)C)CC(Cl)=C1Cl. The lowest BCUT2D eigenvalue weighted by molar-refractivity contribution is 0.461. The Kier molecular flexibility index (Phi) is 3.25. The van der Waals surface area contributed by atoms with E-state index in [4.69, 9.17) is 23.2 Å². The van der Waals surface area contributed by atoms with E-state index in [0.717, 1.165) is 22.1 Å². The van der Waals surface area contributed by atoms with E-state index in [1.165, 1.54) is 0 Å². The molecule has 0 N–H and O–H groups in total. The van der Waals surface area contributed by atoms with Crippen molar-refractivity contribution in [1.29, 1.82) is 0 Å². The zero-order valence-electron chi connectivity index (χ0n) is 7.70. The Labute approximate surface area is 84.2 Å². The van der Waals surface area contributed by atoms with Crippen LogP contribution in [0, 0.1) is 11.8 Å². The first-order chi connectivity index (χ1) is 5.52. The molecule has 0 fully saturated rings. The van der Waals surface area contributed by atoms with Crippen molar-refractivity contribution in [2.24, 2.45) is 11.8 Å². The fraction of sp³-hybridized carbons (Fsp3) is 0.600. The van der Waals surface area contributed by atoms with E-state index in [0.29, 0.717) is 11.8 Å². The summed E-state index contributed by atoms with van der Waals surface area (Å²) in [6, 6.07) is 0. The van der Waals surface area contributed by atoms with Gasteiger partial charge in [-0.15, -0.1) is 0 Å². The molecule has 68 valence electrons. The topological polar surface area (TPSA) is 0 Å². The third-order valence-corrected chi connectivity index (χ3v) is 3.29. The summed E-state index contributed by atoms with van der Waals surface area (Å²) in [5.74, 6) is 1.19. The van der Waals surface area contributed by atoms with Crippen molar-refractivity contribution in [1.82, 2.24) is 0 Å². The normalized spacial score (nSPS) is 24.8. The highest BCUT2D eigenvalue weighted by molar-refractivity contribution is 6.40. The van der Waals surface area contributed by atoms with Crippen LogP contribution in [0.4, 0.5) is 0 Å². The molecule has 1 aliphatic carbocycles. The average Bonchev–Trinajstić information content (AvgIpc) is 1.99. The van der Waals surface area contributed by atoms with Gasteiger partial charge in [0.1, 0.15) is 0 Å². The van der Waals surface area contributed by atoms with Crippen molar-refractivity contribution < 1.29 is 0 Å². The molecule has 1 rings (SSSR count). The van der Waals surface area contributed by atoms with Gasteiger partial charge >= 0.3 is 0 Å². The molecule has 0 saturated carbocycles. The molecule has 0 spiro atoms. The Morgan fingerprint density at radius 3 is 2.42 bits per heavy atom. The molecule has 0 bridgehead atoms. The molecule has 2 heteroatoms. The minimum absolute atomic E-state index is 0.556. The van der Waals surface area contributed by atoms with Crippen LogP contribution in [-0.4, -0.2) is 0 Å². The first-order valence-corrected chi connectivity index (χ1v) is 5.01. The van der Waals surface area contributed by atoms with Gasteiger partial charge in [-0.1, -0.05) is 43.1 Å². The first-order valence-electron chi connectivity index (χ1n) is 4.25. The number of halogens is 2. The molecule has 1 unspecified atom stereocenters. The third kappa shape index (κ3) is 2.05. The molecule has 0 amide bonds. The van der Waals surface area contributed by atoms with Gasteiger partial charge in [-0.3, -0.25) is 0 Å². The highest BCUT2D eigenvalue weighted by Crippen LogP contribution is 2.36. The van der Waals surface area contributed by atoms with Crippen LogP contribution < -0.4 is 0 Å². The minimum atomic E-state index is 0.556. The Hall–Kier alpha value is 0.0600. The summed E-state index contributed by atoms with van der Waals surface area (Å²) in [7, 11) is 0. The quantitative estimate of drug-likeness (QED) is 0.598. The lowest BCUT2D eigenvalue weighted by Crippen LogP contribution is -2.10. The molecule has 0 heterocycles. The van der Waals surface area contributed by atoms with E-state index < -0.39 is 0 Å². The maximum Gasteiger partial charge on any atom is 0.0577 e. The molecular formula is C10H14Cl2. The molecule has 1 aliphatic rings. The van der Waals surface area contributed by atoms with E-state index >= 15 is 0 Å². The smallest absolute Gasteiger partial charge is 0.0577 e. The summed E-state index contributed by atoms with van der Waals surface area (Å²) in [5, 5.41) is 1.56. The molecule has 0 aromatic rings. The monoisotopic (exact) mass is 204 g/mol. The lowest BCUT2D eigenvalue weighted by atomic mass is 9.87. The van der Waals surface area contributed by atoms with Crippen molar-refractivity contribution in [3.63, 3.8) is 0 Å². The molecule has 0 saturated heterocycles. The minimum Gasteiger partial charge on any atom is -0.0875 e. The van der Waals surface area contributed by atoms with Gasteiger partial charge in [0.15, 0.2) is 0 Å². The van der Waals surface area contributed by atoms with Crippen molar-refractivity contribution in [3.05, 3.63) is 21.7 Å². The van der Waals surface area contributed by atoms with E-state index in [1.807, 2.05) is 6.92 Å². The second kappa shape index (κ2) is 3.85. The second-order valence-electron chi connectivity index (χ2n) is 3.68. The largest absolute Gasteiger partial charge is 0.0875 e. The third-order valence-electron chi connectivity index (χ3n) is 2.32. The van der Waals surface area contributed by atoms with E-state index in [9.17, 15) is 0 Å². The maximum atomic E-state index is 6.01. The second-order valence-corrected chi connectivity index (χ2v) is 4.51. The zero-order valence-corrected chi connectivity index (χ0v) is 9.21. The number of hydrogen-bond acceptors (Lipinski definition) is 0. The van der Waals surface area contributed by atoms with Crippen molar-refractivity contribution >= 4 is 23.2 Å². The maximum absolute atomic E-state index is 6.01. The first kappa shape index (κ1) is 10.1. The van der Waals surface area contributed by atoms with Crippen LogP contribution in [0.5, 0.6) is 0 Å². The highest BCUT2D eigenvalue weighted by atomic mass is 35.5. The van der Waals surface area contributed by atoms with E-state index in [2.05, 4.69) is 19.9 Å². The summed E-state index contributed by atoms with van der Waals surface area (Å²) in [6.07, 6.45) is 3.12. The van der Waals surface area contributed by atoms with E-state index in [-0.39, 0.29) is 0 Å².